The molecule has 1 heterocycles. The number of aliphatic hydroxyl groups excluding tert-OH is 1. The molecule has 1 fully saturated rings. The van der Waals surface area contributed by atoms with Gasteiger partial charge in [-0.2, -0.15) is 11.8 Å². The molecule has 0 bridgehead atoms. The molecule has 0 amide bonds. The van der Waals surface area contributed by atoms with Crippen molar-refractivity contribution < 1.29 is 5.11 Å². The Balaban J connectivity index is 2.34. The molecule has 2 nitrogen and oxygen atoms in total. The van der Waals surface area contributed by atoms with Crippen molar-refractivity contribution in [2.24, 2.45) is 5.41 Å². The molecule has 2 N–H and O–H groups in total. The zero-order valence-electron chi connectivity index (χ0n) is 8.84. The molecular weight excluding hydrogens is 182 g/mol. The third-order valence-electron chi connectivity index (χ3n) is 2.40. The summed E-state index contributed by atoms with van der Waals surface area (Å²) < 4.78 is 0. The van der Waals surface area contributed by atoms with Crippen LogP contribution in [0.2, 0.25) is 0 Å². The van der Waals surface area contributed by atoms with Crippen LogP contribution >= 0.6 is 11.8 Å². The second kappa shape index (κ2) is 4.67. The van der Waals surface area contributed by atoms with Crippen LogP contribution in [0.1, 0.15) is 27.2 Å². The van der Waals surface area contributed by atoms with Crippen molar-refractivity contribution in [1.82, 2.24) is 5.32 Å². The van der Waals surface area contributed by atoms with E-state index in [1.165, 1.54) is 17.9 Å². The van der Waals surface area contributed by atoms with E-state index in [4.69, 9.17) is 5.11 Å². The number of aliphatic hydroxyl groups is 1. The summed E-state index contributed by atoms with van der Waals surface area (Å²) in [4.78, 5) is 0. The normalized spacial score (nSPS) is 30.0. The van der Waals surface area contributed by atoms with Gasteiger partial charge in [-0.15, -0.1) is 0 Å². The summed E-state index contributed by atoms with van der Waals surface area (Å²) in [5, 5.41) is 12.4. The minimum atomic E-state index is 0.236. The summed E-state index contributed by atoms with van der Waals surface area (Å²) in [6.45, 7) is 6.91. The van der Waals surface area contributed by atoms with E-state index in [2.05, 4.69) is 19.2 Å². The number of hydrogen-bond acceptors (Lipinski definition) is 3. The van der Waals surface area contributed by atoms with Crippen LogP contribution in [0.3, 0.4) is 0 Å². The topological polar surface area (TPSA) is 32.3 Å². The van der Waals surface area contributed by atoms with Crippen molar-refractivity contribution >= 4 is 11.8 Å². The van der Waals surface area contributed by atoms with Gasteiger partial charge in [0.25, 0.3) is 0 Å². The number of thioether (sulfide) groups is 1. The van der Waals surface area contributed by atoms with Gasteiger partial charge in [0.05, 0.1) is 6.61 Å². The minimum Gasteiger partial charge on any atom is -0.395 e. The number of nitrogens with one attached hydrogen (secondary N) is 1. The van der Waals surface area contributed by atoms with Crippen molar-refractivity contribution in [3.05, 3.63) is 0 Å². The van der Waals surface area contributed by atoms with Crippen molar-refractivity contribution in [2.45, 2.75) is 39.3 Å². The van der Waals surface area contributed by atoms with E-state index < -0.39 is 0 Å². The van der Waals surface area contributed by atoms with E-state index in [1.807, 2.05) is 18.7 Å². The highest BCUT2D eigenvalue weighted by Gasteiger charge is 2.28. The van der Waals surface area contributed by atoms with Gasteiger partial charge >= 0.3 is 0 Å². The van der Waals surface area contributed by atoms with E-state index in [0.717, 1.165) is 0 Å². The molecule has 3 heteroatoms. The van der Waals surface area contributed by atoms with Crippen LogP contribution in [0.5, 0.6) is 0 Å². The van der Waals surface area contributed by atoms with E-state index in [1.54, 1.807) is 0 Å². The SMILES string of the molecule is C[C@H](CO)NC1CSCC(C)(C)C1. The van der Waals surface area contributed by atoms with Gasteiger partial charge in [-0.3, -0.25) is 0 Å². The average Bonchev–Trinajstić information content (AvgIpc) is 2.02. The molecule has 13 heavy (non-hydrogen) atoms. The lowest BCUT2D eigenvalue weighted by molar-refractivity contribution is 0.226. The first kappa shape index (κ1) is 11.3. The second-order valence-corrected chi connectivity index (χ2v) is 5.86. The van der Waals surface area contributed by atoms with Gasteiger partial charge in [-0.05, 0) is 24.5 Å². The molecule has 1 saturated heterocycles. The standard InChI is InChI=1S/C10H21NOS/c1-8(5-12)11-9-4-10(2,3)7-13-6-9/h8-9,11-12H,4-7H2,1-3H3/t8-,9?/m1/s1. The van der Waals surface area contributed by atoms with Crippen LogP contribution in [0.4, 0.5) is 0 Å². The minimum absolute atomic E-state index is 0.236. The first-order chi connectivity index (χ1) is 6.03. The maximum Gasteiger partial charge on any atom is 0.0582 e. The highest BCUT2D eigenvalue weighted by Crippen LogP contribution is 2.33. The Morgan fingerprint density at radius 2 is 2.31 bits per heavy atom. The van der Waals surface area contributed by atoms with Crippen LogP contribution in [0.25, 0.3) is 0 Å². The van der Waals surface area contributed by atoms with E-state index in [-0.39, 0.29) is 12.6 Å². The molecule has 0 radical (unpaired) electrons. The maximum atomic E-state index is 8.93. The Morgan fingerprint density at radius 1 is 1.62 bits per heavy atom. The molecule has 1 rings (SSSR count). The summed E-state index contributed by atoms with van der Waals surface area (Å²) in [6, 6.07) is 0.815. The average molecular weight is 203 g/mol. The summed E-state index contributed by atoms with van der Waals surface area (Å²) in [6.07, 6.45) is 1.23. The van der Waals surface area contributed by atoms with Gasteiger partial charge in [0.15, 0.2) is 0 Å². The molecule has 0 saturated carbocycles. The van der Waals surface area contributed by atoms with E-state index >= 15 is 0 Å². The Morgan fingerprint density at radius 3 is 2.85 bits per heavy atom. The van der Waals surface area contributed by atoms with Crippen molar-refractivity contribution in [1.29, 1.82) is 0 Å². The van der Waals surface area contributed by atoms with E-state index in [9.17, 15) is 0 Å². The fourth-order valence-electron chi connectivity index (χ4n) is 1.82. The van der Waals surface area contributed by atoms with Gasteiger partial charge in [0, 0.05) is 17.8 Å². The Labute approximate surface area is 85.5 Å². The molecule has 0 aromatic carbocycles. The third kappa shape index (κ3) is 3.88. The molecule has 1 aliphatic heterocycles. The van der Waals surface area contributed by atoms with Crippen LogP contribution in [0.15, 0.2) is 0 Å². The fourth-order valence-corrected chi connectivity index (χ4v) is 3.11. The molecule has 1 unspecified atom stereocenters. The van der Waals surface area contributed by atoms with Crippen LogP contribution in [-0.4, -0.2) is 35.3 Å². The molecule has 0 spiro atoms. The number of rotatable bonds is 3. The predicted molar refractivity (Wildman–Crippen MR) is 59.2 cm³/mol. The Bertz CT molecular complexity index is 161. The van der Waals surface area contributed by atoms with Crippen molar-refractivity contribution in [3.8, 4) is 0 Å². The van der Waals surface area contributed by atoms with Crippen molar-refractivity contribution in [3.63, 3.8) is 0 Å². The summed E-state index contributed by atoms with van der Waals surface area (Å²) in [5.74, 6) is 2.45. The molecule has 1 aliphatic rings. The molecule has 0 aromatic heterocycles. The Hall–Kier alpha value is 0.270. The Kier molecular flexibility index (Phi) is 4.07. The maximum absolute atomic E-state index is 8.93. The van der Waals surface area contributed by atoms with Gasteiger partial charge < -0.3 is 10.4 Å². The monoisotopic (exact) mass is 203 g/mol. The van der Waals surface area contributed by atoms with Gasteiger partial charge in [-0.1, -0.05) is 13.8 Å². The summed E-state index contributed by atoms with van der Waals surface area (Å²) in [7, 11) is 0. The first-order valence-electron chi connectivity index (χ1n) is 4.98. The van der Waals surface area contributed by atoms with Gasteiger partial charge in [-0.25, -0.2) is 0 Å². The smallest absolute Gasteiger partial charge is 0.0582 e. The lowest BCUT2D eigenvalue weighted by atomic mass is 9.87. The largest absolute Gasteiger partial charge is 0.395 e. The first-order valence-corrected chi connectivity index (χ1v) is 6.13. The summed E-state index contributed by atoms with van der Waals surface area (Å²) in [5.41, 5.74) is 0.454. The molecule has 0 aliphatic carbocycles. The third-order valence-corrected chi connectivity index (χ3v) is 4.03. The van der Waals surface area contributed by atoms with Crippen molar-refractivity contribution in [2.75, 3.05) is 18.1 Å². The quantitative estimate of drug-likeness (QED) is 0.729. The fraction of sp³-hybridized carbons (Fsp3) is 1.00. The lowest BCUT2D eigenvalue weighted by Gasteiger charge is -2.36. The highest BCUT2D eigenvalue weighted by atomic mass is 32.2. The second-order valence-electron chi connectivity index (χ2n) is 4.83. The molecule has 2 atom stereocenters. The molecule has 78 valence electrons. The van der Waals surface area contributed by atoms with Crippen LogP contribution < -0.4 is 5.32 Å². The van der Waals surface area contributed by atoms with Gasteiger partial charge in [0.2, 0.25) is 0 Å². The zero-order valence-corrected chi connectivity index (χ0v) is 9.66. The zero-order chi connectivity index (χ0) is 9.90. The number of hydrogen-bond donors (Lipinski definition) is 2. The predicted octanol–water partition coefficient (Wildman–Crippen LogP) is 1.49. The molecule has 0 aromatic rings. The van der Waals surface area contributed by atoms with Crippen LogP contribution in [-0.2, 0) is 0 Å². The van der Waals surface area contributed by atoms with Gasteiger partial charge in [0.1, 0.15) is 0 Å². The molecular formula is C10H21NOS. The van der Waals surface area contributed by atoms with E-state index in [0.29, 0.717) is 11.5 Å². The summed E-state index contributed by atoms with van der Waals surface area (Å²) >= 11 is 2.02. The van der Waals surface area contributed by atoms with Crippen LogP contribution in [0, 0.1) is 5.41 Å². The highest BCUT2D eigenvalue weighted by molar-refractivity contribution is 7.99. The lowest BCUT2D eigenvalue weighted by Crippen LogP contribution is -2.45.